The SMILES string of the molecule is CCOC(=O)Cc1[nH]nc2c1[C@@H](c1ccc(OCC(N)=O)c(OC)c1)C(C#N)=C(N)O2. The van der Waals surface area contributed by atoms with Crippen molar-refractivity contribution < 1.29 is 28.5 Å². The number of nitrogens with zero attached hydrogens (tertiary/aromatic N) is 2. The molecule has 1 aliphatic heterocycles. The number of fused-ring (bicyclic) bond motifs is 1. The maximum absolute atomic E-state index is 12.0. The fraction of sp³-hybridized carbons (Fsp3) is 0.300. The summed E-state index contributed by atoms with van der Waals surface area (Å²) in [6.45, 7) is 1.62. The molecule has 0 spiro atoms. The molecule has 1 aromatic carbocycles. The molecule has 5 N–H and O–H groups in total. The summed E-state index contributed by atoms with van der Waals surface area (Å²) in [5, 5.41) is 16.6. The number of carbonyl (C=O) groups is 2. The van der Waals surface area contributed by atoms with E-state index in [0.29, 0.717) is 28.3 Å². The summed E-state index contributed by atoms with van der Waals surface area (Å²) in [6.07, 6.45) is -0.0917. The van der Waals surface area contributed by atoms with Crippen LogP contribution in [-0.4, -0.2) is 42.4 Å². The van der Waals surface area contributed by atoms with Crippen LogP contribution in [0.5, 0.6) is 17.4 Å². The Morgan fingerprint density at radius 1 is 1.35 bits per heavy atom. The van der Waals surface area contributed by atoms with Gasteiger partial charge in [0.25, 0.3) is 5.91 Å². The maximum Gasteiger partial charge on any atom is 0.311 e. The topological polar surface area (TPSA) is 176 Å². The zero-order chi connectivity index (χ0) is 22.5. The van der Waals surface area contributed by atoms with Crippen LogP contribution in [0.3, 0.4) is 0 Å². The number of nitrogens with two attached hydrogens (primary N) is 2. The summed E-state index contributed by atoms with van der Waals surface area (Å²) in [5.74, 6) is -1.09. The molecule has 2 heterocycles. The van der Waals surface area contributed by atoms with Crippen LogP contribution in [0.25, 0.3) is 0 Å². The molecule has 11 heteroatoms. The summed E-state index contributed by atoms with van der Waals surface area (Å²) >= 11 is 0. The van der Waals surface area contributed by atoms with Gasteiger partial charge in [0.05, 0.1) is 37.3 Å². The van der Waals surface area contributed by atoms with E-state index in [1.54, 1.807) is 25.1 Å². The first-order chi connectivity index (χ1) is 14.9. The minimum Gasteiger partial charge on any atom is -0.493 e. The summed E-state index contributed by atoms with van der Waals surface area (Å²) in [5.41, 5.74) is 12.8. The van der Waals surface area contributed by atoms with Crippen molar-refractivity contribution in [1.82, 2.24) is 10.2 Å². The minimum absolute atomic E-state index is 0.0917. The summed E-state index contributed by atoms with van der Waals surface area (Å²) in [4.78, 5) is 23.1. The third-order valence-corrected chi connectivity index (χ3v) is 4.54. The second kappa shape index (κ2) is 9.08. The lowest BCUT2D eigenvalue weighted by molar-refractivity contribution is -0.142. The van der Waals surface area contributed by atoms with E-state index in [-0.39, 0.29) is 37.0 Å². The van der Waals surface area contributed by atoms with Gasteiger partial charge in [-0.25, -0.2) is 0 Å². The molecule has 2 aromatic rings. The number of primary amides is 1. The van der Waals surface area contributed by atoms with Crippen molar-refractivity contribution in [3.63, 3.8) is 0 Å². The van der Waals surface area contributed by atoms with E-state index >= 15 is 0 Å². The van der Waals surface area contributed by atoms with Crippen LogP contribution in [0.1, 0.15) is 29.7 Å². The molecule has 0 radical (unpaired) electrons. The highest BCUT2D eigenvalue weighted by Crippen LogP contribution is 2.44. The number of rotatable bonds is 8. The van der Waals surface area contributed by atoms with E-state index in [2.05, 4.69) is 16.3 Å². The van der Waals surface area contributed by atoms with E-state index < -0.39 is 17.8 Å². The van der Waals surface area contributed by atoms with Crippen LogP contribution < -0.4 is 25.7 Å². The molecule has 11 nitrogen and oxygen atoms in total. The second-order valence-electron chi connectivity index (χ2n) is 6.49. The van der Waals surface area contributed by atoms with E-state index in [1.807, 2.05) is 0 Å². The molecule has 0 unspecified atom stereocenters. The average Bonchev–Trinajstić information content (AvgIpc) is 3.12. The average molecular weight is 427 g/mol. The predicted octanol–water partition coefficient (Wildman–Crippen LogP) is 0.606. The number of methoxy groups -OCH3 is 1. The van der Waals surface area contributed by atoms with Gasteiger partial charge in [0.1, 0.15) is 11.6 Å². The molecule has 162 valence electrons. The number of aromatic nitrogens is 2. The summed E-state index contributed by atoms with van der Waals surface area (Å²) < 4.78 is 21.2. The van der Waals surface area contributed by atoms with Gasteiger partial charge in [-0.15, -0.1) is 5.10 Å². The van der Waals surface area contributed by atoms with Crippen LogP contribution in [0, 0.1) is 11.3 Å². The number of carbonyl (C=O) groups excluding carboxylic acids is 2. The smallest absolute Gasteiger partial charge is 0.311 e. The molecule has 1 amide bonds. The number of esters is 1. The molecule has 0 saturated carbocycles. The Balaban J connectivity index is 2.07. The van der Waals surface area contributed by atoms with Gasteiger partial charge in [0.15, 0.2) is 18.1 Å². The van der Waals surface area contributed by atoms with E-state index in [4.69, 9.17) is 30.4 Å². The molecule has 0 bridgehead atoms. The molecular formula is C20H21N5O6. The van der Waals surface area contributed by atoms with Crippen molar-refractivity contribution in [2.75, 3.05) is 20.3 Å². The number of hydrogen-bond acceptors (Lipinski definition) is 9. The first kappa shape index (κ1) is 21.5. The lowest BCUT2D eigenvalue weighted by Crippen LogP contribution is -2.22. The van der Waals surface area contributed by atoms with Crippen molar-refractivity contribution in [2.24, 2.45) is 11.5 Å². The Morgan fingerprint density at radius 2 is 2.13 bits per heavy atom. The van der Waals surface area contributed by atoms with Crippen LogP contribution in [0.2, 0.25) is 0 Å². The number of amides is 1. The van der Waals surface area contributed by atoms with E-state index in [0.717, 1.165) is 0 Å². The standard InChI is InChI=1S/C20H21N5O6/c1-3-29-16(27)7-12-18-17(11(8-21)19(23)31-20(18)25-24-12)10-4-5-13(14(6-10)28-2)30-9-15(22)26/h4-6,17H,3,7,9,23H2,1-2H3,(H2,22,26)(H,24,25)/t17-/m0/s1. The van der Waals surface area contributed by atoms with Crippen molar-refractivity contribution in [3.8, 4) is 23.4 Å². The lowest BCUT2D eigenvalue weighted by Gasteiger charge is -2.24. The van der Waals surface area contributed by atoms with Crippen molar-refractivity contribution in [1.29, 1.82) is 5.26 Å². The molecule has 0 saturated heterocycles. The number of aromatic amines is 1. The van der Waals surface area contributed by atoms with Gasteiger partial charge in [-0.2, -0.15) is 5.26 Å². The number of H-pyrrole nitrogens is 1. The Kier molecular flexibility index (Phi) is 6.30. The first-order valence-electron chi connectivity index (χ1n) is 9.28. The fourth-order valence-corrected chi connectivity index (χ4v) is 3.26. The third kappa shape index (κ3) is 4.37. The minimum atomic E-state index is -0.684. The Hall–Kier alpha value is -4.20. The van der Waals surface area contributed by atoms with Crippen molar-refractivity contribution >= 4 is 11.9 Å². The van der Waals surface area contributed by atoms with Gasteiger partial charge in [-0.3, -0.25) is 14.7 Å². The third-order valence-electron chi connectivity index (χ3n) is 4.54. The first-order valence-corrected chi connectivity index (χ1v) is 9.28. The van der Waals surface area contributed by atoms with Gasteiger partial charge in [-0.05, 0) is 24.6 Å². The van der Waals surface area contributed by atoms with Crippen LogP contribution in [-0.2, 0) is 20.7 Å². The summed E-state index contributed by atoms with van der Waals surface area (Å²) in [6, 6.07) is 6.98. The van der Waals surface area contributed by atoms with Crippen LogP contribution in [0.4, 0.5) is 0 Å². The Labute approximate surface area is 177 Å². The Bertz CT molecular complexity index is 1080. The quantitative estimate of drug-likeness (QED) is 0.509. The highest BCUT2D eigenvalue weighted by atomic mass is 16.5. The molecule has 1 aromatic heterocycles. The van der Waals surface area contributed by atoms with Gasteiger partial charge < -0.3 is 30.4 Å². The molecule has 3 rings (SSSR count). The van der Waals surface area contributed by atoms with Gasteiger partial charge >= 0.3 is 5.97 Å². The van der Waals surface area contributed by atoms with E-state index in [1.165, 1.54) is 7.11 Å². The number of hydrogen-bond donors (Lipinski definition) is 3. The fourth-order valence-electron chi connectivity index (χ4n) is 3.26. The van der Waals surface area contributed by atoms with Crippen molar-refractivity contribution in [2.45, 2.75) is 19.3 Å². The molecule has 1 aliphatic rings. The number of nitriles is 1. The highest BCUT2D eigenvalue weighted by Gasteiger charge is 2.36. The number of ether oxygens (including phenoxy) is 4. The zero-order valence-electron chi connectivity index (χ0n) is 16.9. The highest BCUT2D eigenvalue weighted by molar-refractivity contribution is 5.75. The molecular weight excluding hydrogens is 406 g/mol. The molecule has 0 aliphatic carbocycles. The normalized spacial score (nSPS) is 14.8. The van der Waals surface area contributed by atoms with E-state index in [9.17, 15) is 14.9 Å². The number of nitrogens with one attached hydrogen (secondary N) is 1. The van der Waals surface area contributed by atoms with Crippen molar-refractivity contribution in [3.05, 3.63) is 46.5 Å². The molecule has 31 heavy (non-hydrogen) atoms. The van der Waals surface area contributed by atoms with Crippen LogP contribution in [0.15, 0.2) is 29.7 Å². The van der Waals surface area contributed by atoms with Gasteiger partial charge in [0, 0.05) is 0 Å². The Morgan fingerprint density at radius 3 is 2.77 bits per heavy atom. The van der Waals surface area contributed by atoms with Gasteiger partial charge in [-0.1, -0.05) is 6.07 Å². The second-order valence-corrected chi connectivity index (χ2v) is 6.49. The number of benzene rings is 1. The zero-order valence-corrected chi connectivity index (χ0v) is 16.9. The summed E-state index contributed by atoms with van der Waals surface area (Å²) in [7, 11) is 1.44. The van der Waals surface area contributed by atoms with Crippen LogP contribution >= 0.6 is 0 Å². The maximum atomic E-state index is 12.0. The molecule has 0 fully saturated rings. The monoisotopic (exact) mass is 427 g/mol. The largest absolute Gasteiger partial charge is 0.493 e. The number of allylic oxidation sites excluding steroid dienone is 1. The molecule has 1 atom stereocenters. The van der Waals surface area contributed by atoms with Gasteiger partial charge in [0.2, 0.25) is 11.8 Å². The predicted molar refractivity (Wildman–Crippen MR) is 106 cm³/mol. The lowest BCUT2D eigenvalue weighted by atomic mass is 9.83.